The molecule has 2 N–H and O–H groups in total. The minimum atomic E-state index is 0.463. The van der Waals surface area contributed by atoms with Crippen molar-refractivity contribution in [3.8, 4) is 5.69 Å². The van der Waals surface area contributed by atoms with Gasteiger partial charge in [-0.3, -0.25) is 0 Å². The predicted molar refractivity (Wildman–Crippen MR) is 80.3 cm³/mol. The minimum absolute atomic E-state index is 0.463. The first-order valence-electron chi connectivity index (χ1n) is 5.92. The van der Waals surface area contributed by atoms with E-state index in [0.29, 0.717) is 33.7 Å². The maximum absolute atomic E-state index is 6.26. The molecule has 9 heteroatoms. The molecule has 1 aromatic carbocycles. The second-order valence-electron chi connectivity index (χ2n) is 4.20. The largest absolute Gasteiger partial charge is 0.330 e. The third-order valence-corrected chi connectivity index (χ3v) is 3.93. The van der Waals surface area contributed by atoms with Crippen molar-refractivity contribution in [1.29, 1.82) is 0 Å². The molecule has 0 unspecified atom stereocenters. The highest BCUT2D eigenvalue weighted by Crippen LogP contribution is 2.45. The summed E-state index contributed by atoms with van der Waals surface area (Å²) in [6, 6.07) is 1.64. The molecule has 0 amide bonds. The van der Waals surface area contributed by atoms with E-state index in [1.165, 1.54) is 0 Å². The Morgan fingerprint density at radius 2 is 2.00 bits per heavy atom. The molecule has 6 nitrogen and oxygen atoms in total. The SMILES string of the molecule is NCCCc1cn(-c2c(Cl)cc(Cl)c3c2N=S=N3)nn1. The van der Waals surface area contributed by atoms with Crippen LogP contribution >= 0.6 is 23.2 Å². The third kappa shape index (κ3) is 2.37. The fourth-order valence-electron chi connectivity index (χ4n) is 1.89. The third-order valence-electron chi connectivity index (χ3n) is 2.83. The van der Waals surface area contributed by atoms with Gasteiger partial charge in [0, 0.05) is 0 Å². The highest BCUT2D eigenvalue weighted by atomic mass is 35.5. The first-order valence-corrected chi connectivity index (χ1v) is 7.41. The van der Waals surface area contributed by atoms with E-state index in [4.69, 9.17) is 28.9 Å². The van der Waals surface area contributed by atoms with Crippen molar-refractivity contribution >= 4 is 45.9 Å². The second-order valence-corrected chi connectivity index (χ2v) is 5.54. The Kier molecular flexibility index (Phi) is 3.84. The number of aryl methyl sites for hydroxylation is 1. The Bertz CT molecular complexity index is 735. The molecule has 1 aromatic heterocycles. The number of rotatable bonds is 4. The Labute approximate surface area is 128 Å². The van der Waals surface area contributed by atoms with Crippen LogP contribution in [0.4, 0.5) is 11.4 Å². The number of halogens is 2. The summed E-state index contributed by atoms with van der Waals surface area (Å²) in [6.07, 6.45) is 3.46. The first-order chi connectivity index (χ1) is 9.70. The molecule has 2 aromatic rings. The van der Waals surface area contributed by atoms with Gasteiger partial charge in [0.05, 0.1) is 33.3 Å². The molecule has 20 heavy (non-hydrogen) atoms. The summed E-state index contributed by atoms with van der Waals surface area (Å²) in [5.41, 5.74) is 8.24. The number of aromatic nitrogens is 3. The van der Waals surface area contributed by atoms with E-state index >= 15 is 0 Å². The van der Waals surface area contributed by atoms with E-state index in [1.54, 1.807) is 10.7 Å². The number of hydrogen-bond acceptors (Lipinski definition) is 5. The van der Waals surface area contributed by atoms with Gasteiger partial charge in [0.2, 0.25) is 0 Å². The van der Waals surface area contributed by atoms with Gasteiger partial charge in [0.1, 0.15) is 17.1 Å². The van der Waals surface area contributed by atoms with E-state index in [1.807, 2.05) is 6.20 Å². The standard InChI is InChI=1S/C11H10Cl2N6S/c12-7-4-8(13)11(10-9(7)16-20-17-10)19-5-6(15-18-19)2-1-3-14/h4-5H,1-3,14H2. The van der Waals surface area contributed by atoms with Crippen molar-refractivity contribution in [3.63, 3.8) is 0 Å². The quantitative estimate of drug-likeness (QED) is 0.798. The number of benzene rings is 1. The monoisotopic (exact) mass is 328 g/mol. The number of nitrogens with zero attached hydrogens (tertiary/aromatic N) is 5. The van der Waals surface area contributed by atoms with Crippen molar-refractivity contribution in [2.75, 3.05) is 6.54 Å². The van der Waals surface area contributed by atoms with Gasteiger partial charge in [-0.15, -0.1) is 5.10 Å². The van der Waals surface area contributed by atoms with E-state index in [-0.39, 0.29) is 0 Å². The zero-order valence-electron chi connectivity index (χ0n) is 10.3. The van der Waals surface area contributed by atoms with Gasteiger partial charge < -0.3 is 5.73 Å². The summed E-state index contributed by atoms with van der Waals surface area (Å²) in [4.78, 5) is 0. The van der Waals surface area contributed by atoms with Gasteiger partial charge in [0.25, 0.3) is 0 Å². The fourth-order valence-corrected chi connectivity index (χ4v) is 3.08. The van der Waals surface area contributed by atoms with Crippen LogP contribution < -0.4 is 5.73 Å². The summed E-state index contributed by atoms with van der Waals surface area (Å²) < 4.78 is 10.0. The molecule has 0 aliphatic carbocycles. The lowest BCUT2D eigenvalue weighted by atomic mass is 10.2. The highest BCUT2D eigenvalue weighted by molar-refractivity contribution is 7.58. The van der Waals surface area contributed by atoms with Crippen LogP contribution in [-0.2, 0) is 17.8 Å². The summed E-state index contributed by atoms with van der Waals surface area (Å²) >= 11 is 13.4. The number of fused-ring (bicyclic) bond motifs is 1. The molecule has 0 fully saturated rings. The van der Waals surface area contributed by atoms with Crippen LogP contribution in [0.3, 0.4) is 0 Å². The van der Waals surface area contributed by atoms with Crippen molar-refractivity contribution < 1.29 is 0 Å². The van der Waals surface area contributed by atoms with Gasteiger partial charge in [0.15, 0.2) is 0 Å². The lowest BCUT2D eigenvalue weighted by Gasteiger charge is -2.08. The molecule has 2 heterocycles. The van der Waals surface area contributed by atoms with Crippen LogP contribution in [0.25, 0.3) is 5.69 Å². The summed E-state index contributed by atoms with van der Waals surface area (Å²) in [6.45, 7) is 0.620. The van der Waals surface area contributed by atoms with E-state index in [2.05, 4.69) is 19.0 Å². The summed E-state index contributed by atoms with van der Waals surface area (Å²) in [7, 11) is 0. The average molecular weight is 329 g/mol. The lowest BCUT2D eigenvalue weighted by Crippen LogP contribution is -2.00. The number of hydrogen-bond donors (Lipinski definition) is 1. The highest BCUT2D eigenvalue weighted by Gasteiger charge is 2.21. The van der Waals surface area contributed by atoms with Crippen LogP contribution in [0, 0.1) is 0 Å². The summed E-state index contributed by atoms with van der Waals surface area (Å²) in [5.74, 6) is 0. The smallest absolute Gasteiger partial charge is 0.133 e. The Hall–Kier alpha value is -1.28. The Balaban J connectivity index is 2.05. The number of nitrogens with two attached hydrogens (primary N) is 1. The van der Waals surface area contributed by atoms with Gasteiger partial charge >= 0.3 is 0 Å². The van der Waals surface area contributed by atoms with Gasteiger partial charge in [-0.05, 0) is 25.5 Å². The molecule has 1 aliphatic heterocycles. The van der Waals surface area contributed by atoms with Crippen LogP contribution in [-0.4, -0.2) is 21.5 Å². The van der Waals surface area contributed by atoms with Crippen molar-refractivity contribution in [2.45, 2.75) is 12.8 Å². The lowest BCUT2D eigenvalue weighted by molar-refractivity contribution is 0.779. The van der Waals surface area contributed by atoms with Crippen LogP contribution in [0.1, 0.15) is 12.1 Å². The van der Waals surface area contributed by atoms with Gasteiger partial charge in [-0.2, -0.15) is 8.73 Å². The molecule has 0 saturated heterocycles. The van der Waals surface area contributed by atoms with Gasteiger partial charge in [-0.1, -0.05) is 28.4 Å². The molecule has 104 valence electrons. The van der Waals surface area contributed by atoms with Gasteiger partial charge in [-0.25, -0.2) is 4.68 Å². The zero-order chi connectivity index (χ0) is 14.1. The molecule has 0 radical (unpaired) electrons. The summed E-state index contributed by atoms with van der Waals surface area (Å²) in [5, 5.41) is 9.14. The first kappa shape index (κ1) is 13.7. The molecule has 0 atom stereocenters. The maximum Gasteiger partial charge on any atom is 0.133 e. The minimum Gasteiger partial charge on any atom is -0.330 e. The normalized spacial score (nSPS) is 12.6. The fraction of sp³-hybridized carbons (Fsp3) is 0.273. The van der Waals surface area contributed by atoms with Crippen molar-refractivity contribution in [1.82, 2.24) is 15.0 Å². The molecule has 0 saturated carbocycles. The van der Waals surface area contributed by atoms with Crippen molar-refractivity contribution in [3.05, 3.63) is 28.0 Å². The van der Waals surface area contributed by atoms with E-state index in [0.717, 1.165) is 29.9 Å². The second kappa shape index (κ2) is 5.61. The zero-order valence-corrected chi connectivity index (χ0v) is 12.6. The molecule has 3 rings (SSSR count). The van der Waals surface area contributed by atoms with E-state index in [9.17, 15) is 0 Å². The molecular formula is C11H10Cl2N6S. The molecule has 0 bridgehead atoms. The Morgan fingerprint density at radius 1 is 1.20 bits per heavy atom. The molecular weight excluding hydrogens is 319 g/mol. The van der Waals surface area contributed by atoms with Crippen LogP contribution in [0.2, 0.25) is 10.0 Å². The van der Waals surface area contributed by atoms with E-state index < -0.39 is 0 Å². The molecule has 0 spiro atoms. The van der Waals surface area contributed by atoms with Crippen LogP contribution in [0.15, 0.2) is 21.0 Å². The predicted octanol–water partition coefficient (Wildman–Crippen LogP) is 3.19. The average Bonchev–Trinajstić information content (AvgIpc) is 3.05. The maximum atomic E-state index is 6.26. The Morgan fingerprint density at radius 3 is 2.80 bits per heavy atom. The van der Waals surface area contributed by atoms with Crippen molar-refractivity contribution in [2.24, 2.45) is 14.5 Å². The molecule has 1 aliphatic rings. The van der Waals surface area contributed by atoms with Crippen LogP contribution in [0.5, 0.6) is 0 Å². The topological polar surface area (TPSA) is 81.5 Å².